The van der Waals surface area contributed by atoms with Crippen molar-refractivity contribution in [1.29, 1.82) is 0 Å². The second-order valence-electron chi connectivity index (χ2n) is 6.28. The molecule has 0 atom stereocenters. The molecule has 22 heavy (non-hydrogen) atoms. The highest BCUT2D eigenvalue weighted by Gasteiger charge is 2.08. The van der Waals surface area contributed by atoms with E-state index in [1.165, 1.54) is 16.3 Å². The maximum atomic E-state index is 4.61. The molecule has 0 bridgehead atoms. The van der Waals surface area contributed by atoms with Gasteiger partial charge in [-0.15, -0.1) is 0 Å². The van der Waals surface area contributed by atoms with Crippen LogP contribution >= 0.6 is 0 Å². The quantitative estimate of drug-likeness (QED) is 0.686. The summed E-state index contributed by atoms with van der Waals surface area (Å²) in [7, 11) is 0. The molecule has 3 aromatic rings. The first kappa shape index (κ1) is 14.6. The van der Waals surface area contributed by atoms with Gasteiger partial charge in [0.2, 0.25) is 0 Å². The van der Waals surface area contributed by atoms with Crippen molar-refractivity contribution in [3.05, 3.63) is 54.2 Å². The van der Waals surface area contributed by atoms with Gasteiger partial charge in [0.15, 0.2) is 0 Å². The molecule has 0 saturated heterocycles. The van der Waals surface area contributed by atoms with Crippen molar-refractivity contribution in [1.82, 2.24) is 15.0 Å². The first-order valence-electron chi connectivity index (χ1n) is 7.77. The molecule has 3 nitrogen and oxygen atoms in total. The van der Waals surface area contributed by atoms with Crippen LogP contribution in [0.25, 0.3) is 22.0 Å². The molecule has 3 heteroatoms. The SMILES string of the molecule is CC(C)c1ncc(-c2cc3cccc(C(C)C)c3cn2)cn1. The predicted octanol–water partition coefficient (Wildman–Crippen LogP) is 4.94. The Morgan fingerprint density at radius 2 is 1.55 bits per heavy atom. The van der Waals surface area contributed by atoms with Crippen LogP contribution in [0, 0.1) is 0 Å². The highest BCUT2D eigenvalue weighted by atomic mass is 14.9. The first-order valence-corrected chi connectivity index (χ1v) is 7.77. The normalized spacial score (nSPS) is 11.5. The molecule has 0 aliphatic heterocycles. The molecule has 0 spiro atoms. The van der Waals surface area contributed by atoms with E-state index in [1.54, 1.807) is 0 Å². The lowest BCUT2D eigenvalue weighted by Gasteiger charge is -2.11. The van der Waals surface area contributed by atoms with Crippen molar-refractivity contribution in [2.45, 2.75) is 39.5 Å². The minimum Gasteiger partial charge on any atom is -0.255 e. The Morgan fingerprint density at radius 3 is 2.18 bits per heavy atom. The summed E-state index contributed by atoms with van der Waals surface area (Å²) in [5.74, 6) is 1.70. The molecule has 0 radical (unpaired) electrons. The fourth-order valence-electron chi connectivity index (χ4n) is 2.63. The van der Waals surface area contributed by atoms with E-state index < -0.39 is 0 Å². The van der Waals surface area contributed by atoms with E-state index in [0.29, 0.717) is 11.8 Å². The number of benzene rings is 1. The molecule has 0 aliphatic rings. The zero-order valence-electron chi connectivity index (χ0n) is 13.5. The maximum Gasteiger partial charge on any atom is 0.130 e. The van der Waals surface area contributed by atoms with Crippen LogP contribution in [0.5, 0.6) is 0 Å². The fourth-order valence-corrected chi connectivity index (χ4v) is 2.63. The van der Waals surface area contributed by atoms with Gasteiger partial charge in [-0.25, -0.2) is 9.97 Å². The average Bonchev–Trinajstić information content (AvgIpc) is 2.53. The number of nitrogens with zero attached hydrogens (tertiary/aromatic N) is 3. The van der Waals surface area contributed by atoms with E-state index in [-0.39, 0.29) is 0 Å². The minimum atomic E-state index is 0.340. The monoisotopic (exact) mass is 291 g/mol. The molecule has 0 amide bonds. The van der Waals surface area contributed by atoms with E-state index in [9.17, 15) is 0 Å². The molecule has 2 heterocycles. The van der Waals surface area contributed by atoms with Crippen LogP contribution < -0.4 is 0 Å². The van der Waals surface area contributed by atoms with Crippen LogP contribution in [0.2, 0.25) is 0 Å². The zero-order chi connectivity index (χ0) is 15.7. The van der Waals surface area contributed by atoms with Gasteiger partial charge in [0.05, 0.1) is 5.69 Å². The van der Waals surface area contributed by atoms with Crippen LogP contribution in [-0.4, -0.2) is 15.0 Å². The van der Waals surface area contributed by atoms with Crippen molar-refractivity contribution >= 4 is 10.8 Å². The number of hydrogen-bond acceptors (Lipinski definition) is 3. The molecule has 0 unspecified atom stereocenters. The van der Waals surface area contributed by atoms with Gasteiger partial charge in [-0.3, -0.25) is 4.98 Å². The summed E-state index contributed by atoms with van der Waals surface area (Å²) in [4.78, 5) is 13.5. The molecule has 0 saturated carbocycles. The van der Waals surface area contributed by atoms with Crippen LogP contribution in [0.15, 0.2) is 42.9 Å². The Morgan fingerprint density at radius 1 is 0.818 bits per heavy atom. The van der Waals surface area contributed by atoms with Crippen LogP contribution in [-0.2, 0) is 0 Å². The fraction of sp³-hybridized carbons (Fsp3) is 0.316. The molecular formula is C19H21N3. The second kappa shape index (κ2) is 5.84. The van der Waals surface area contributed by atoms with Crippen molar-refractivity contribution in [3.8, 4) is 11.3 Å². The lowest BCUT2D eigenvalue weighted by molar-refractivity contribution is 0.774. The Kier molecular flexibility index (Phi) is 3.88. The molecule has 0 aliphatic carbocycles. The molecule has 112 valence electrons. The van der Waals surface area contributed by atoms with Crippen LogP contribution in [0.3, 0.4) is 0 Å². The minimum absolute atomic E-state index is 0.340. The lowest BCUT2D eigenvalue weighted by Crippen LogP contribution is -1.97. The Hall–Kier alpha value is -2.29. The van der Waals surface area contributed by atoms with E-state index in [4.69, 9.17) is 0 Å². The molecular weight excluding hydrogens is 270 g/mol. The van der Waals surface area contributed by atoms with Crippen molar-refractivity contribution in [3.63, 3.8) is 0 Å². The van der Waals surface area contributed by atoms with Crippen LogP contribution in [0.4, 0.5) is 0 Å². The third kappa shape index (κ3) is 2.71. The Labute approximate surface area is 131 Å². The van der Waals surface area contributed by atoms with E-state index in [1.807, 2.05) is 18.6 Å². The maximum absolute atomic E-state index is 4.61. The molecule has 3 rings (SSSR count). The van der Waals surface area contributed by atoms with Crippen molar-refractivity contribution in [2.75, 3.05) is 0 Å². The number of aromatic nitrogens is 3. The topological polar surface area (TPSA) is 38.7 Å². The van der Waals surface area contributed by atoms with Gasteiger partial charge in [0.25, 0.3) is 0 Å². The predicted molar refractivity (Wildman–Crippen MR) is 90.9 cm³/mol. The number of pyridine rings is 1. The molecule has 1 aromatic carbocycles. The summed E-state index contributed by atoms with van der Waals surface area (Å²) >= 11 is 0. The summed E-state index contributed by atoms with van der Waals surface area (Å²) in [6.07, 6.45) is 5.70. The lowest BCUT2D eigenvalue weighted by atomic mass is 9.97. The van der Waals surface area contributed by atoms with Crippen molar-refractivity contribution < 1.29 is 0 Å². The zero-order valence-corrected chi connectivity index (χ0v) is 13.5. The van der Waals surface area contributed by atoms with Gasteiger partial charge < -0.3 is 0 Å². The summed E-state index contributed by atoms with van der Waals surface area (Å²) < 4.78 is 0. The first-order chi connectivity index (χ1) is 10.6. The highest BCUT2D eigenvalue weighted by molar-refractivity contribution is 5.88. The smallest absolute Gasteiger partial charge is 0.130 e. The van der Waals surface area contributed by atoms with E-state index in [2.05, 4.69) is 66.9 Å². The Bertz CT molecular complexity index is 789. The van der Waals surface area contributed by atoms with Crippen LogP contribution in [0.1, 0.15) is 50.9 Å². The number of hydrogen-bond donors (Lipinski definition) is 0. The number of fused-ring (bicyclic) bond motifs is 1. The number of rotatable bonds is 3. The summed E-state index contributed by atoms with van der Waals surface area (Å²) in [5.41, 5.74) is 3.22. The van der Waals surface area contributed by atoms with Gasteiger partial charge in [-0.2, -0.15) is 0 Å². The average molecular weight is 291 g/mol. The van der Waals surface area contributed by atoms with Crippen molar-refractivity contribution in [2.24, 2.45) is 0 Å². The van der Waals surface area contributed by atoms with E-state index >= 15 is 0 Å². The summed E-state index contributed by atoms with van der Waals surface area (Å²) in [6, 6.07) is 8.54. The summed E-state index contributed by atoms with van der Waals surface area (Å²) in [5, 5.41) is 2.44. The van der Waals surface area contributed by atoms with Gasteiger partial charge in [0.1, 0.15) is 5.82 Å². The van der Waals surface area contributed by atoms with Gasteiger partial charge in [-0.05, 0) is 22.9 Å². The Balaban J connectivity index is 2.05. The van der Waals surface area contributed by atoms with Gasteiger partial charge in [0, 0.05) is 35.5 Å². The van der Waals surface area contributed by atoms with Gasteiger partial charge in [-0.1, -0.05) is 45.9 Å². The highest BCUT2D eigenvalue weighted by Crippen LogP contribution is 2.27. The van der Waals surface area contributed by atoms with Gasteiger partial charge >= 0.3 is 0 Å². The molecule has 0 N–H and O–H groups in total. The third-order valence-corrected chi connectivity index (χ3v) is 3.90. The largest absolute Gasteiger partial charge is 0.255 e. The standard InChI is InChI=1S/C19H21N3/c1-12(2)16-7-5-6-14-8-18(20-11-17(14)16)15-9-21-19(13(3)4)22-10-15/h5-13H,1-4H3. The molecule has 2 aromatic heterocycles. The molecule has 0 fully saturated rings. The third-order valence-electron chi connectivity index (χ3n) is 3.90. The summed E-state index contributed by atoms with van der Waals surface area (Å²) in [6.45, 7) is 8.61. The van der Waals surface area contributed by atoms with E-state index in [0.717, 1.165) is 17.1 Å². The second-order valence-corrected chi connectivity index (χ2v) is 6.28.